The van der Waals surface area contributed by atoms with Gasteiger partial charge in [-0.3, -0.25) is 5.10 Å². The molecule has 0 amide bonds. The van der Waals surface area contributed by atoms with Gasteiger partial charge in [0.25, 0.3) is 0 Å². The molecule has 0 spiro atoms. The van der Waals surface area contributed by atoms with Crippen LogP contribution in [0.4, 0.5) is 5.69 Å². The van der Waals surface area contributed by atoms with Gasteiger partial charge in [-0.2, -0.15) is 5.10 Å². The first-order valence-corrected chi connectivity index (χ1v) is 10.9. The van der Waals surface area contributed by atoms with Gasteiger partial charge in [-0.05, 0) is 25.3 Å². The van der Waals surface area contributed by atoms with E-state index in [-0.39, 0.29) is 11.8 Å². The van der Waals surface area contributed by atoms with Crippen LogP contribution in [-0.2, 0) is 10.0 Å². The first kappa shape index (κ1) is 18.0. The first-order valence-electron chi connectivity index (χ1n) is 9.28. The molecule has 0 atom stereocenters. The minimum absolute atomic E-state index is 0.212. The maximum absolute atomic E-state index is 12.3. The number of piperidine rings is 1. The second-order valence-corrected chi connectivity index (χ2v) is 9.00. The highest BCUT2D eigenvalue weighted by atomic mass is 32.2. The van der Waals surface area contributed by atoms with Crippen molar-refractivity contribution >= 4 is 26.7 Å². The molecule has 8 nitrogen and oxygen atoms in total. The van der Waals surface area contributed by atoms with Gasteiger partial charge in [0.1, 0.15) is 5.65 Å². The predicted octanol–water partition coefficient (Wildman–Crippen LogP) is 2.57. The molecule has 144 valence electrons. The lowest BCUT2D eigenvalue weighted by Crippen LogP contribution is -2.43. The van der Waals surface area contributed by atoms with Gasteiger partial charge in [0, 0.05) is 54.2 Å². The van der Waals surface area contributed by atoms with Crippen molar-refractivity contribution in [2.75, 3.05) is 24.2 Å². The minimum Gasteiger partial charge on any atom is -0.381 e. The quantitative estimate of drug-likeness (QED) is 0.602. The molecule has 1 aliphatic heterocycles. The molecular weight excluding hydrogens is 364 g/mol. The summed E-state index contributed by atoms with van der Waals surface area (Å²) in [6.07, 6.45) is 9.55. The number of aromatic nitrogens is 4. The van der Waals surface area contributed by atoms with Crippen molar-refractivity contribution in [3.05, 3.63) is 30.9 Å². The second-order valence-electron chi connectivity index (χ2n) is 6.91. The fourth-order valence-corrected chi connectivity index (χ4v) is 5.19. The average molecular weight is 388 g/mol. The van der Waals surface area contributed by atoms with Gasteiger partial charge >= 0.3 is 0 Å². The number of nitrogens with zero attached hydrogens (tertiary/aromatic N) is 3. The first-order chi connectivity index (χ1) is 13.1. The van der Waals surface area contributed by atoms with Crippen LogP contribution in [0.1, 0.15) is 26.2 Å². The van der Waals surface area contributed by atoms with Gasteiger partial charge < -0.3 is 10.3 Å². The standard InChI is InChI=1S/C18H24N6O2S/c1-2-9-27(25,26)24-7-4-14(5-8-24)23-17-15-3-6-19-18(15)20-12-16(17)13-10-21-22-11-13/h3,6,10-12,14H,2,4-5,7-9H2,1H3,(H,21,22)(H2,19,20,23). The Bertz CT molecular complexity index is 1000. The van der Waals surface area contributed by atoms with E-state index in [2.05, 4.69) is 25.5 Å². The van der Waals surface area contributed by atoms with Crippen molar-refractivity contribution in [2.24, 2.45) is 0 Å². The Morgan fingerprint density at radius 3 is 2.81 bits per heavy atom. The molecule has 0 aromatic carbocycles. The van der Waals surface area contributed by atoms with Crippen LogP contribution in [0, 0.1) is 0 Å². The molecule has 27 heavy (non-hydrogen) atoms. The van der Waals surface area contributed by atoms with Crippen LogP contribution in [0.5, 0.6) is 0 Å². The van der Waals surface area contributed by atoms with Crippen molar-refractivity contribution in [3.8, 4) is 11.1 Å². The summed E-state index contributed by atoms with van der Waals surface area (Å²) >= 11 is 0. The third-order valence-electron chi connectivity index (χ3n) is 5.05. The van der Waals surface area contributed by atoms with E-state index in [0.717, 1.165) is 40.7 Å². The topological polar surface area (TPSA) is 107 Å². The Labute approximate surface area is 158 Å². The zero-order valence-electron chi connectivity index (χ0n) is 15.3. The van der Waals surface area contributed by atoms with E-state index in [9.17, 15) is 8.42 Å². The number of hydrogen-bond acceptors (Lipinski definition) is 5. The highest BCUT2D eigenvalue weighted by Gasteiger charge is 2.28. The van der Waals surface area contributed by atoms with Gasteiger partial charge in [-0.1, -0.05) is 6.92 Å². The molecule has 0 bridgehead atoms. The molecule has 4 heterocycles. The van der Waals surface area contributed by atoms with E-state index in [1.165, 1.54) is 0 Å². The van der Waals surface area contributed by atoms with Gasteiger partial charge in [0.15, 0.2) is 0 Å². The lowest BCUT2D eigenvalue weighted by atomic mass is 10.0. The van der Waals surface area contributed by atoms with Crippen molar-refractivity contribution in [3.63, 3.8) is 0 Å². The number of pyridine rings is 1. The molecule has 0 saturated carbocycles. The summed E-state index contributed by atoms with van der Waals surface area (Å²) in [5.74, 6) is 0.226. The van der Waals surface area contributed by atoms with Gasteiger partial charge in [-0.15, -0.1) is 0 Å². The molecule has 0 radical (unpaired) electrons. The molecule has 9 heteroatoms. The van der Waals surface area contributed by atoms with Gasteiger partial charge in [0.2, 0.25) is 10.0 Å². The van der Waals surface area contributed by atoms with E-state index < -0.39 is 10.0 Å². The molecule has 3 aromatic rings. The number of anilines is 1. The van der Waals surface area contributed by atoms with Crippen molar-refractivity contribution in [1.82, 2.24) is 24.5 Å². The number of sulfonamides is 1. The summed E-state index contributed by atoms with van der Waals surface area (Å²) in [5.41, 5.74) is 3.79. The van der Waals surface area contributed by atoms with Crippen LogP contribution in [0.15, 0.2) is 30.9 Å². The fourth-order valence-electron chi connectivity index (χ4n) is 3.65. The lowest BCUT2D eigenvalue weighted by Gasteiger charge is -2.32. The number of nitrogens with one attached hydrogen (secondary N) is 3. The molecule has 1 aliphatic rings. The lowest BCUT2D eigenvalue weighted by molar-refractivity contribution is 0.330. The van der Waals surface area contributed by atoms with Crippen LogP contribution in [0.3, 0.4) is 0 Å². The number of aromatic amines is 2. The molecule has 3 aromatic heterocycles. The molecule has 3 N–H and O–H groups in total. The van der Waals surface area contributed by atoms with Crippen molar-refractivity contribution in [1.29, 1.82) is 0 Å². The summed E-state index contributed by atoms with van der Waals surface area (Å²) in [5, 5.41) is 11.6. The second kappa shape index (κ2) is 7.32. The zero-order chi connectivity index (χ0) is 18.9. The molecule has 0 unspecified atom stereocenters. The van der Waals surface area contributed by atoms with Crippen molar-refractivity contribution in [2.45, 2.75) is 32.2 Å². The zero-order valence-corrected chi connectivity index (χ0v) is 16.1. The SMILES string of the molecule is CCCS(=O)(=O)N1CCC(Nc2c(-c3cn[nH]c3)cnc3[nH]ccc23)CC1. The van der Waals surface area contributed by atoms with Gasteiger partial charge in [-0.25, -0.2) is 17.7 Å². The third kappa shape index (κ3) is 3.57. The molecule has 1 fully saturated rings. The Balaban J connectivity index is 1.56. The van der Waals surface area contributed by atoms with Crippen LogP contribution >= 0.6 is 0 Å². The number of fused-ring (bicyclic) bond motifs is 1. The fraction of sp³-hybridized carbons (Fsp3) is 0.444. The van der Waals surface area contributed by atoms with Crippen LogP contribution in [0.25, 0.3) is 22.2 Å². The number of rotatable bonds is 6. The number of H-pyrrole nitrogens is 2. The maximum Gasteiger partial charge on any atom is 0.214 e. The van der Waals surface area contributed by atoms with E-state index in [1.54, 1.807) is 10.5 Å². The normalized spacial score (nSPS) is 16.8. The minimum atomic E-state index is -3.12. The van der Waals surface area contributed by atoms with E-state index >= 15 is 0 Å². The van der Waals surface area contributed by atoms with Gasteiger partial charge in [0.05, 0.1) is 17.6 Å². The Morgan fingerprint density at radius 2 is 2.11 bits per heavy atom. The summed E-state index contributed by atoms with van der Waals surface area (Å²) in [6, 6.07) is 2.22. The Kier molecular flexibility index (Phi) is 4.88. The monoisotopic (exact) mass is 388 g/mol. The van der Waals surface area contributed by atoms with E-state index in [0.29, 0.717) is 19.5 Å². The highest BCUT2D eigenvalue weighted by Crippen LogP contribution is 2.34. The largest absolute Gasteiger partial charge is 0.381 e. The summed E-state index contributed by atoms with van der Waals surface area (Å²) < 4.78 is 26.2. The average Bonchev–Trinajstić information content (AvgIpc) is 3.34. The Hall–Kier alpha value is -2.39. The third-order valence-corrected chi connectivity index (χ3v) is 7.13. The Morgan fingerprint density at radius 1 is 1.30 bits per heavy atom. The highest BCUT2D eigenvalue weighted by molar-refractivity contribution is 7.89. The number of hydrogen-bond donors (Lipinski definition) is 3. The van der Waals surface area contributed by atoms with Crippen LogP contribution in [-0.4, -0.2) is 57.8 Å². The molecule has 4 rings (SSSR count). The molecular formula is C18H24N6O2S. The van der Waals surface area contributed by atoms with E-state index in [4.69, 9.17) is 0 Å². The van der Waals surface area contributed by atoms with E-state index in [1.807, 2.05) is 31.6 Å². The molecule has 0 aliphatic carbocycles. The predicted molar refractivity (Wildman–Crippen MR) is 106 cm³/mol. The molecule has 1 saturated heterocycles. The van der Waals surface area contributed by atoms with Crippen molar-refractivity contribution < 1.29 is 8.42 Å². The summed E-state index contributed by atoms with van der Waals surface area (Å²) in [7, 11) is -3.12. The smallest absolute Gasteiger partial charge is 0.214 e. The maximum atomic E-state index is 12.3. The summed E-state index contributed by atoms with van der Waals surface area (Å²) in [4.78, 5) is 7.64. The van der Waals surface area contributed by atoms with Crippen LogP contribution < -0.4 is 5.32 Å². The van der Waals surface area contributed by atoms with Crippen LogP contribution in [0.2, 0.25) is 0 Å². The summed E-state index contributed by atoms with van der Waals surface area (Å²) in [6.45, 7) is 3.01.